The Morgan fingerprint density at radius 3 is 2.67 bits per heavy atom. The van der Waals surface area contributed by atoms with Crippen LogP contribution in [0.5, 0.6) is 0 Å². The molecule has 0 aliphatic rings. The molecule has 1 aromatic heterocycles. The van der Waals surface area contributed by atoms with E-state index in [9.17, 15) is 9.18 Å². The molecule has 5 heteroatoms. The molecule has 0 saturated carbocycles. The zero-order valence-electron chi connectivity index (χ0n) is 12.2. The molecule has 0 aliphatic carbocycles. The molecule has 2 aromatic rings. The van der Waals surface area contributed by atoms with Gasteiger partial charge in [0.1, 0.15) is 11.6 Å². The molecule has 1 unspecified atom stereocenters. The van der Waals surface area contributed by atoms with E-state index in [4.69, 9.17) is 9.52 Å². The molecule has 112 valence electrons. The van der Waals surface area contributed by atoms with Gasteiger partial charge in [-0.3, -0.25) is 0 Å². The fourth-order valence-corrected chi connectivity index (χ4v) is 2.06. The van der Waals surface area contributed by atoms with E-state index in [0.717, 1.165) is 11.1 Å². The van der Waals surface area contributed by atoms with Gasteiger partial charge in [-0.05, 0) is 44.0 Å². The number of rotatable bonds is 5. The number of furan rings is 1. The average Bonchev–Trinajstić information content (AvgIpc) is 2.81. The lowest BCUT2D eigenvalue weighted by Crippen LogP contribution is -2.18. The van der Waals surface area contributed by atoms with E-state index in [1.165, 1.54) is 12.1 Å². The zero-order chi connectivity index (χ0) is 15.6. The monoisotopic (exact) mass is 291 g/mol. The smallest absolute Gasteiger partial charge is 0.371 e. The summed E-state index contributed by atoms with van der Waals surface area (Å²) in [6.45, 7) is 5.83. The quantitative estimate of drug-likeness (QED) is 0.883. The molecular formula is C16H18FNO3. The van der Waals surface area contributed by atoms with Crippen LogP contribution >= 0.6 is 0 Å². The van der Waals surface area contributed by atoms with Gasteiger partial charge in [0, 0.05) is 18.2 Å². The van der Waals surface area contributed by atoms with Crippen LogP contribution in [-0.4, -0.2) is 11.1 Å². The largest absolute Gasteiger partial charge is 0.475 e. The third kappa shape index (κ3) is 3.49. The first-order chi connectivity index (χ1) is 9.88. The number of aryl methyl sites for hydroxylation is 2. The number of aromatic carboxylic acids is 1. The molecule has 0 aliphatic heterocycles. The lowest BCUT2D eigenvalue weighted by Gasteiger charge is -2.14. The van der Waals surface area contributed by atoms with Crippen LogP contribution in [0.3, 0.4) is 0 Å². The summed E-state index contributed by atoms with van der Waals surface area (Å²) in [6, 6.07) is 6.59. The molecule has 1 heterocycles. The molecule has 1 aromatic carbocycles. The summed E-state index contributed by atoms with van der Waals surface area (Å²) >= 11 is 0. The second-order valence-corrected chi connectivity index (χ2v) is 5.11. The number of carboxylic acids is 1. The van der Waals surface area contributed by atoms with Gasteiger partial charge >= 0.3 is 5.97 Å². The maximum atomic E-state index is 13.6. The lowest BCUT2D eigenvalue weighted by atomic mass is 10.1. The molecule has 2 rings (SSSR count). The highest BCUT2D eigenvalue weighted by molar-refractivity contribution is 5.84. The van der Waals surface area contributed by atoms with Crippen molar-refractivity contribution in [3.8, 4) is 0 Å². The highest BCUT2D eigenvalue weighted by atomic mass is 19.1. The van der Waals surface area contributed by atoms with Gasteiger partial charge in [0.15, 0.2) is 0 Å². The van der Waals surface area contributed by atoms with Crippen molar-refractivity contribution >= 4 is 5.97 Å². The Morgan fingerprint density at radius 1 is 1.38 bits per heavy atom. The van der Waals surface area contributed by atoms with Crippen molar-refractivity contribution in [3.05, 3.63) is 58.3 Å². The van der Waals surface area contributed by atoms with Gasteiger partial charge in [0.05, 0.1) is 0 Å². The van der Waals surface area contributed by atoms with Gasteiger partial charge in [-0.25, -0.2) is 9.18 Å². The number of carbonyl (C=O) groups is 1. The van der Waals surface area contributed by atoms with E-state index in [1.54, 1.807) is 19.9 Å². The van der Waals surface area contributed by atoms with Gasteiger partial charge in [-0.2, -0.15) is 0 Å². The van der Waals surface area contributed by atoms with Crippen molar-refractivity contribution in [3.63, 3.8) is 0 Å². The van der Waals surface area contributed by atoms with E-state index < -0.39 is 5.97 Å². The van der Waals surface area contributed by atoms with Crippen molar-refractivity contribution < 1.29 is 18.7 Å². The van der Waals surface area contributed by atoms with Crippen LogP contribution < -0.4 is 5.32 Å². The summed E-state index contributed by atoms with van der Waals surface area (Å²) < 4.78 is 18.7. The first-order valence-electron chi connectivity index (χ1n) is 6.70. The van der Waals surface area contributed by atoms with E-state index in [0.29, 0.717) is 17.9 Å². The van der Waals surface area contributed by atoms with E-state index in [-0.39, 0.29) is 17.6 Å². The predicted octanol–water partition coefficient (Wildman–Crippen LogP) is 3.58. The number of halogens is 1. The first-order valence-corrected chi connectivity index (χ1v) is 6.70. The predicted molar refractivity (Wildman–Crippen MR) is 76.8 cm³/mol. The highest BCUT2D eigenvalue weighted by Crippen LogP contribution is 2.19. The molecule has 4 nitrogen and oxygen atoms in total. The van der Waals surface area contributed by atoms with Crippen LogP contribution in [0.25, 0.3) is 0 Å². The Kier molecular flexibility index (Phi) is 4.43. The normalized spacial score (nSPS) is 12.4. The summed E-state index contributed by atoms with van der Waals surface area (Å²) in [5, 5.41) is 12.1. The number of hydrogen-bond acceptors (Lipinski definition) is 3. The van der Waals surface area contributed by atoms with E-state index in [1.807, 2.05) is 13.0 Å². The third-order valence-electron chi connectivity index (χ3n) is 3.53. The minimum Gasteiger partial charge on any atom is -0.475 e. The van der Waals surface area contributed by atoms with Crippen molar-refractivity contribution in [1.29, 1.82) is 0 Å². The van der Waals surface area contributed by atoms with E-state index in [2.05, 4.69) is 5.32 Å². The molecular weight excluding hydrogens is 273 g/mol. The fraction of sp³-hybridized carbons (Fsp3) is 0.312. The van der Waals surface area contributed by atoms with Gasteiger partial charge in [0.2, 0.25) is 5.76 Å². The summed E-state index contributed by atoms with van der Waals surface area (Å²) in [5.41, 5.74) is 2.24. The number of hydrogen-bond donors (Lipinski definition) is 2. The molecule has 0 bridgehead atoms. The molecule has 1 atom stereocenters. The van der Waals surface area contributed by atoms with Crippen LogP contribution in [0.1, 0.15) is 46.0 Å². The molecule has 0 radical (unpaired) electrons. The number of nitrogens with one attached hydrogen (secondary N) is 1. The Bertz CT molecular complexity index is 664. The topological polar surface area (TPSA) is 62.5 Å². The highest BCUT2D eigenvalue weighted by Gasteiger charge is 2.14. The SMILES string of the molecule is Cc1ccc(C(C)NCc2cc(C(=O)O)oc2C)cc1F. The first kappa shape index (κ1) is 15.3. The fourth-order valence-electron chi connectivity index (χ4n) is 2.06. The van der Waals surface area contributed by atoms with Crippen LogP contribution in [0.15, 0.2) is 28.7 Å². The summed E-state index contributed by atoms with van der Waals surface area (Å²) in [7, 11) is 0. The van der Waals surface area contributed by atoms with Gasteiger partial charge < -0.3 is 14.8 Å². The second-order valence-electron chi connectivity index (χ2n) is 5.11. The van der Waals surface area contributed by atoms with Gasteiger partial charge in [-0.15, -0.1) is 0 Å². The van der Waals surface area contributed by atoms with Crippen molar-refractivity contribution in [2.45, 2.75) is 33.4 Å². The molecule has 0 spiro atoms. The lowest BCUT2D eigenvalue weighted by molar-refractivity contribution is 0.0661. The molecule has 0 saturated heterocycles. The van der Waals surface area contributed by atoms with Crippen LogP contribution in [0.4, 0.5) is 4.39 Å². The Labute approximate surface area is 122 Å². The Morgan fingerprint density at radius 2 is 2.10 bits per heavy atom. The summed E-state index contributed by atoms with van der Waals surface area (Å²) in [6.07, 6.45) is 0. The maximum absolute atomic E-state index is 13.6. The number of benzene rings is 1. The average molecular weight is 291 g/mol. The van der Waals surface area contributed by atoms with Gasteiger partial charge in [0.25, 0.3) is 0 Å². The van der Waals surface area contributed by atoms with Crippen molar-refractivity contribution in [2.24, 2.45) is 0 Å². The summed E-state index contributed by atoms with van der Waals surface area (Å²) in [4.78, 5) is 10.8. The molecule has 0 fully saturated rings. The van der Waals surface area contributed by atoms with Crippen molar-refractivity contribution in [2.75, 3.05) is 0 Å². The standard InChI is InChI=1S/C16H18FNO3/c1-9-4-5-12(6-14(9)17)10(2)18-8-13-7-15(16(19)20)21-11(13)3/h4-7,10,18H,8H2,1-3H3,(H,19,20). The minimum atomic E-state index is -1.09. The zero-order valence-corrected chi connectivity index (χ0v) is 12.2. The Balaban J connectivity index is 2.05. The Hall–Kier alpha value is -2.14. The minimum absolute atomic E-state index is 0.0531. The third-order valence-corrected chi connectivity index (χ3v) is 3.53. The van der Waals surface area contributed by atoms with Crippen molar-refractivity contribution in [1.82, 2.24) is 5.32 Å². The second kappa shape index (κ2) is 6.10. The van der Waals surface area contributed by atoms with Crippen LogP contribution in [-0.2, 0) is 6.54 Å². The van der Waals surface area contributed by atoms with E-state index >= 15 is 0 Å². The van der Waals surface area contributed by atoms with Crippen LogP contribution in [0, 0.1) is 19.7 Å². The van der Waals surface area contributed by atoms with Gasteiger partial charge in [-0.1, -0.05) is 12.1 Å². The molecule has 0 amide bonds. The maximum Gasteiger partial charge on any atom is 0.371 e. The molecule has 2 N–H and O–H groups in total. The molecule has 21 heavy (non-hydrogen) atoms. The van der Waals surface area contributed by atoms with Crippen LogP contribution in [0.2, 0.25) is 0 Å². The number of carboxylic acid groups (broad SMARTS) is 1. The summed E-state index contributed by atoms with van der Waals surface area (Å²) in [5.74, 6) is -0.813.